The Hall–Kier alpha value is -3.75. The SMILES string of the molecule is Cc1nc(Oc2ccc(-c3c(I)n(C)c4ncnc(N)c34)cc2)ncc1C1(C)OB(c2ccc(N)cc2)OC1(C)C. The second-order valence-electron chi connectivity index (χ2n) is 10.7. The largest absolute Gasteiger partial charge is 0.495 e. The lowest BCUT2D eigenvalue weighted by Crippen LogP contribution is -2.43. The Kier molecular flexibility index (Phi) is 6.66. The van der Waals surface area contributed by atoms with Crippen LogP contribution in [0.4, 0.5) is 11.5 Å². The Balaban J connectivity index is 1.24. The molecule has 0 amide bonds. The van der Waals surface area contributed by atoms with Crippen molar-refractivity contribution in [1.29, 1.82) is 0 Å². The van der Waals surface area contributed by atoms with Crippen LogP contribution in [-0.2, 0) is 22.0 Å². The molecule has 0 bridgehead atoms. The predicted octanol–water partition coefficient (Wildman–Crippen LogP) is 4.73. The van der Waals surface area contributed by atoms with Crippen molar-refractivity contribution in [1.82, 2.24) is 24.5 Å². The molecule has 1 saturated heterocycles. The number of hydrogen-bond acceptors (Lipinski definition) is 9. The van der Waals surface area contributed by atoms with Gasteiger partial charge in [-0.2, -0.15) is 4.98 Å². The van der Waals surface area contributed by atoms with Crippen molar-refractivity contribution >= 4 is 57.7 Å². The van der Waals surface area contributed by atoms with Gasteiger partial charge in [0.15, 0.2) is 0 Å². The summed E-state index contributed by atoms with van der Waals surface area (Å²) in [5, 5.41) is 0.829. The monoisotopic (exact) mass is 661 g/mol. The van der Waals surface area contributed by atoms with Gasteiger partial charge in [0, 0.05) is 30.1 Å². The van der Waals surface area contributed by atoms with Crippen LogP contribution in [0.5, 0.6) is 11.8 Å². The van der Waals surface area contributed by atoms with Gasteiger partial charge >= 0.3 is 13.1 Å². The second kappa shape index (κ2) is 9.96. The first-order chi connectivity index (χ1) is 19.5. The predicted molar refractivity (Wildman–Crippen MR) is 168 cm³/mol. The summed E-state index contributed by atoms with van der Waals surface area (Å²) >= 11 is 2.30. The highest BCUT2D eigenvalue weighted by atomic mass is 127. The van der Waals surface area contributed by atoms with E-state index in [4.69, 9.17) is 25.5 Å². The van der Waals surface area contributed by atoms with Gasteiger partial charge in [0.05, 0.1) is 20.4 Å². The third-order valence-electron chi connectivity index (χ3n) is 7.85. The maximum Gasteiger partial charge on any atom is 0.495 e. The summed E-state index contributed by atoms with van der Waals surface area (Å²) < 4.78 is 21.9. The van der Waals surface area contributed by atoms with Crippen LogP contribution in [0, 0.1) is 10.6 Å². The van der Waals surface area contributed by atoms with Crippen LogP contribution in [-0.4, -0.2) is 37.2 Å². The molecule has 0 saturated carbocycles. The molecule has 12 heteroatoms. The van der Waals surface area contributed by atoms with Crippen molar-refractivity contribution in [2.24, 2.45) is 7.05 Å². The third kappa shape index (κ3) is 4.59. The number of benzene rings is 2. The number of nitrogens with zero attached hydrogens (tertiary/aromatic N) is 5. The molecule has 1 aliphatic rings. The zero-order chi connectivity index (χ0) is 29.1. The second-order valence-corrected chi connectivity index (χ2v) is 11.8. The first-order valence-electron chi connectivity index (χ1n) is 13.1. The number of halogens is 1. The zero-order valence-electron chi connectivity index (χ0n) is 23.3. The number of anilines is 2. The standard InChI is InChI=1S/C29H29BIN7O3/c1-16-21(29(4)28(2,3)40-30(41-29)18-8-10-19(32)11-9-18)14-34-27(37-16)39-20-12-6-17(7-13-20)22-23-25(33)35-15-36-26(23)38(5)24(22)31/h6-15H,32H2,1-5H3,(H2,33,35,36). The Morgan fingerprint density at radius 1 is 0.951 bits per heavy atom. The van der Waals surface area contributed by atoms with E-state index in [2.05, 4.69) is 42.5 Å². The lowest BCUT2D eigenvalue weighted by molar-refractivity contribution is -0.0144. The van der Waals surface area contributed by atoms with Gasteiger partial charge in [-0.1, -0.05) is 24.3 Å². The highest BCUT2D eigenvalue weighted by molar-refractivity contribution is 14.1. The van der Waals surface area contributed by atoms with Gasteiger partial charge < -0.3 is 30.1 Å². The number of fused-ring (bicyclic) bond motifs is 1. The van der Waals surface area contributed by atoms with Crippen molar-refractivity contribution in [3.8, 4) is 22.9 Å². The summed E-state index contributed by atoms with van der Waals surface area (Å²) in [5.74, 6) is 1.05. The van der Waals surface area contributed by atoms with Crippen molar-refractivity contribution in [2.45, 2.75) is 38.9 Å². The van der Waals surface area contributed by atoms with E-state index in [1.165, 1.54) is 6.33 Å². The molecule has 41 heavy (non-hydrogen) atoms. The van der Waals surface area contributed by atoms with E-state index in [-0.39, 0.29) is 6.01 Å². The summed E-state index contributed by atoms with van der Waals surface area (Å²) in [6.45, 7) is 7.93. The summed E-state index contributed by atoms with van der Waals surface area (Å²) in [6, 6.07) is 15.5. The highest BCUT2D eigenvalue weighted by Crippen LogP contribution is 2.46. The van der Waals surface area contributed by atoms with Crippen molar-refractivity contribution in [2.75, 3.05) is 11.5 Å². The highest BCUT2D eigenvalue weighted by Gasteiger charge is 2.56. The average molecular weight is 661 g/mol. The van der Waals surface area contributed by atoms with Crippen LogP contribution in [0.3, 0.4) is 0 Å². The summed E-state index contributed by atoms with van der Waals surface area (Å²) in [6.07, 6.45) is 3.23. The smallest absolute Gasteiger partial charge is 0.424 e. The Morgan fingerprint density at radius 2 is 1.66 bits per heavy atom. The number of ether oxygens (including phenoxy) is 1. The van der Waals surface area contributed by atoms with Crippen LogP contribution in [0.1, 0.15) is 32.0 Å². The first-order valence-corrected chi connectivity index (χ1v) is 14.1. The van der Waals surface area contributed by atoms with Gasteiger partial charge in [-0.25, -0.2) is 15.0 Å². The van der Waals surface area contributed by atoms with E-state index in [0.717, 1.165) is 42.6 Å². The molecule has 10 nitrogen and oxygen atoms in total. The fourth-order valence-electron chi connectivity index (χ4n) is 5.21. The van der Waals surface area contributed by atoms with E-state index in [1.807, 2.05) is 87.8 Å². The number of nitrogen functional groups attached to an aromatic ring is 2. The molecule has 6 rings (SSSR count). The number of aromatic nitrogens is 5. The minimum Gasteiger partial charge on any atom is -0.424 e. The molecule has 0 aliphatic carbocycles. The molecule has 1 unspecified atom stereocenters. The van der Waals surface area contributed by atoms with E-state index in [0.29, 0.717) is 17.3 Å². The molecule has 1 atom stereocenters. The maximum absolute atomic E-state index is 6.52. The number of hydrogen-bond donors (Lipinski definition) is 2. The molecular formula is C29H29BIN7O3. The summed E-state index contributed by atoms with van der Waals surface area (Å²) in [5.41, 5.74) is 16.5. The zero-order valence-corrected chi connectivity index (χ0v) is 25.5. The Labute approximate surface area is 251 Å². The van der Waals surface area contributed by atoms with E-state index in [9.17, 15) is 0 Å². The third-order valence-corrected chi connectivity index (χ3v) is 9.11. The molecule has 0 spiro atoms. The van der Waals surface area contributed by atoms with Crippen molar-refractivity contribution in [3.63, 3.8) is 0 Å². The molecule has 5 aromatic rings. The molecule has 208 valence electrons. The van der Waals surface area contributed by atoms with Crippen LogP contribution in [0.15, 0.2) is 61.1 Å². The molecule has 2 aromatic carbocycles. The molecule has 3 aromatic heterocycles. The van der Waals surface area contributed by atoms with Crippen molar-refractivity contribution < 1.29 is 14.0 Å². The average Bonchev–Trinajstić information content (AvgIpc) is 3.34. The first kappa shape index (κ1) is 27.4. The van der Waals surface area contributed by atoms with Crippen molar-refractivity contribution in [3.05, 3.63) is 76.0 Å². The number of aryl methyl sites for hydroxylation is 2. The van der Waals surface area contributed by atoms with E-state index in [1.54, 1.807) is 6.20 Å². The van der Waals surface area contributed by atoms with Gasteiger partial charge in [0.2, 0.25) is 0 Å². The van der Waals surface area contributed by atoms with Gasteiger partial charge in [-0.15, -0.1) is 0 Å². The van der Waals surface area contributed by atoms with Crippen LogP contribution in [0.25, 0.3) is 22.2 Å². The normalized spacial score (nSPS) is 18.2. The van der Waals surface area contributed by atoms with Crippen LogP contribution >= 0.6 is 22.6 Å². The fourth-order valence-corrected chi connectivity index (χ4v) is 6.02. The lowest BCUT2D eigenvalue weighted by atomic mass is 9.79. The summed E-state index contributed by atoms with van der Waals surface area (Å²) in [7, 11) is 1.42. The van der Waals surface area contributed by atoms with Gasteiger partial charge in [-0.3, -0.25) is 0 Å². The van der Waals surface area contributed by atoms with Crippen LogP contribution in [0.2, 0.25) is 0 Å². The quantitative estimate of drug-likeness (QED) is 0.156. The van der Waals surface area contributed by atoms with E-state index < -0.39 is 18.3 Å². The maximum atomic E-state index is 6.52. The van der Waals surface area contributed by atoms with Gasteiger partial charge in [0.1, 0.15) is 29.1 Å². The summed E-state index contributed by atoms with van der Waals surface area (Å²) in [4.78, 5) is 17.8. The topological polar surface area (TPSA) is 136 Å². The molecule has 0 radical (unpaired) electrons. The fraction of sp³-hybridized carbons (Fsp3) is 0.241. The van der Waals surface area contributed by atoms with Gasteiger partial charge in [0.25, 0.3) is 0 Å². The molecule has 4 heterocycles. The molecule has 4 N–H and O–H groups in total. The molecule has 1 fully saturated rings. The minimum absolute atomic E-state index is 0.242. The molecular weight excluding hydrogens is 632 g/mol. The Bertz CT molecular complexity index is 1780. The van der Waals surface area contributed by atoms with E-state index >= 15 is 0 Å². The Morgan fingerprint density at radius 3 is 2.34 bits per heavy atom. The van der Waals surface area contributed by atoms with Crippen LogP contribution < -0.4 is 21.7 Å². The molecule has 1 aliphatic heterocycles. The lowest BCUT2D eigenvalue weighted by Gasteiger charge is -2.37. The van der Waals surface area contributed by atoms with Gasteiger partial charge in [-0.05, 0) is 85.6 Å². The number of nitrogens with two attached hydrogens (primary N) is 2. The number of rotatable bonds is 5. The minimum atomic E-state index is -0.801.